The van der Waals surface area contributed by atoms with Gasteiger partial charge in [-0.15, -0.1) is 0 Å². The summed E-state index contributed by atoms with van der Waals surface area (Å²) in [6.07, 6.45) is 0. The molecule has 0 aliphatic rings. The van der Waals surface area contributed by atoms with E-state index in [0.29, 0.717) is 16.5 Å². The van der Waals surface area contributed by atoms with Crippen LogP contribution in [0.15, 0.2) is 27.7 Å². The van der Waals surface area contributed by atoms with E-state index in [0.717, 1.165) is 4.47 Å². The molecule has 0 saturated carbocycles. The molecule has 4 heteroatoms. The second-order valence-corrected chi connectivity index (χ2v) is 5.67. The minimum absolute atomic E-state index is 0.142. The summed E-state index contributed by atoms with van der Waals surface area (Å²) in [6, 6.07) is 5.53. The van der Waals surface area contributed by atoms with Gasteiger partial charge in [-0.25, -0.2) is 4.99 Å². The number of halogens is 2. The predicted molar refractivity (Wildman–Crippen MR) is 69.9 cm³/mol. The van der Waals surface area contributed by atoms with Crippen LogP contribution in [0.3, 0.4) is 0 Å². The van der Waals surface area contributed by atoms with Crippen LogP contribution in [-0.4, -0.2) is 5.84 Å². The maximum atomic E-state index is 6.03. The number of rotatable bonds is 1. The van der Waals surface area contributed by atoms with Gasteiger partial charge >= 0.3 is 0 Å². The van der Waals surface area contributed by atoms with E-state index >= 15 is 0 Å². The highest BCUT2D eigenvalue weighted by Crippen LogP contribution is 2.29. The normalized spacial score (nSPS) is 13.0. The van der Waals surface area contributed by atoms with Crippen LogP contribution in [-0.2, 0) is 0 Å². The van der Waals surface area contributed by atoms with Gasteiger partial charge in [-0.05, 0) is 18.2 Å². The Kier molecular flexibility index (Phi) is 3.79. The Bertz CT molecular complexity index is 394. The summed E-state index contributed by atoms with van der Waals surface area (Å²) in [5.41, 5.74) is 6.43. The lowest BCUT2D eigenvalue weighted by Crippen LogP contribution is -2.28. The van der Waals surface area contributed by atoms with E-state index in [1.807, 2.05) is 32.9 Å². The highest BCUT2D eigenvalue weighted by Gasteiger charge is 2.15. The molecule has 0 fully saturated rings. The van der Waals surface area contributed by atoms with Crippen LogP contribution in [0.1, 0.15) is 20.8 Å². The fourth-order valence-corrected chi connectivity index (χ4v) is 1.59. The van der Waals surface area contributed by atoms with Crippen LogP contribution >= 0.6 is 27.5 Å². The van der Waals surface area contributed by atoms with Gasteiger partial charge in [-0.2, -0.15) is 0 Å². The first-order valence-corrected chi connectivity index (χ1v) is 5.77. The van der Waals surface area contributed by atoms with Crippen molar-refractivity contribution in [2.45, 2.75) is 20.8 Å². The molecule has 0 radical (unpaired) electrons. The third kappa shape index (κ3) is 3.50. The average Bonchev–Trinajstić information content (AvgIpc) is 2.08. The second-order valence-electron chi connectivity index (χ2n) is 4.34. The zero-order valence-corrected chi connectivity index (χ0v) is 11.4. The van der Waals surface area contributed by atoms with Crippen LogP contribution in [0, 0.1) is 5.41 Å². The van der Waals surface area contributed by atoms with Crippen molar-refractivity contribution in [1.29, 1.82) is 0 Å². The average molecular weight is 290 g/mol. The molecule has 15 heavy (non-hydrogen) atoms. The SMILES string of the molecule is CC(C)(C)C(N)=Nc1ccc(Br)cc1Cl. The summed E-state index contributed by atoms with van der Waals surface area (Å²) >= 11 is 9.37. The fraction of sp³-hybridized carbons (Fsp3) is 0.364. The molecule has 2 nitrogen and oxygen atoms in total. The Labute approximate surface area is 104 Å². The molecule has 82 valence electrons. The van der Waals surface area contributed by atoms with Gasteiger partial charge in [0.05, 0.1) is 10.7 Å². The summed E-state index contributed by atoms with van der Waals surface area (Å²) < 4.78 is 0.931. The maximum absolute atomic E-state index is 6.03. The topological polar surface area (TPSA) is 38.4 Å². The molecule has 0 heterocycles. The highest BCUT2D eigenvalue weighted by molar-refractivity contribution is 9.10. The Balaban J connectivity index is 3.09. The van der Waals surface area contributed by atoms with Gasteiger partial charge in [0, 0.05) is 9.89 Å². The lowest BCUT2D eigenvalue weighted by Gasteiger charge is -2.17. The van der Waals surface area contributed by atoms with Gasteiger partial charge < -0.3 is 5.73 Å². The van der Waals surface area contributed by atoms with Gasteiger partial charge in [0.25, 0.3) is 0 Å². The molecule has 1 aromatic carbocycles. The molecule has 0 unspecified atom stereocenters. The van der Waals surface area contributed by atoms with E-state index in [4.69, 9.17) is 17.3 Å². The maximum Gasteiger partial charge on any atom is 0.105 e. The van der Waals surface area contributed by atoms with E-state index < -0.39 is 0 Å². The van der Waals surface area contributed by atoms with Gasteiger partial charge in [-0.3, -0.25) is 0 Å². The lowest BCUT2D eigenvalue weighted by molar-refractivity contribution is 0.585. The van der Waals surface area contributed by atoms with Crippen molar-refractivity contribution < 1.29 is 0 Å². The minimum Gasteiger partial charge on any atom is -0.387 e. The molecule has 0 spiro atoms. The molecule has 2 N–H and O–H groups in total. The number of nitrogens with zero attached hydrogens (tertiary/aromatic N) is 1. The van der Waals surface area contributed by atoms with E-state index in [1.165, 1.54) is 0 Å². The monoisotopic (exact) mass is 288 g/mol. The number of amidine groups is 1. The van der Waals surface area contributed by atoms with Crippen molar-refractivity contribution in [3.05, 3.63) is 27.7 Å². The standard InChI is InChI=1S/C11H14BrClN2/c1-11(2,3)10(14)15-9-5-4-7(12)6-8(9)13/h4-6H,1-3H3,(H2,14,15). The zero-order valence-electron chi connectivity index (χ0n) is 9.01. The van der Waals surface area contributed by atoms with E-state index in [-0.39, 0.29) is 5.41 Å². The van der Waals surface area contributed by atoms with Crippen LogP contribution in [0.4, 0.5) is 5.69 Å². The molecular weight excluding hydrogens is 275 g/mol. The van der Waals surface area contributed by atoms with E-state index in [9.17, 15) is 0 Å². The Morgan fingerprint density at radius 1 is 1.40 bits per heavy atom. The Hall–Kier alpha value is -0.540. The van der Waals surface area contributed by atoms with Crippen molar-refractivity contribution in [2.75, 3.05) is 0 Å². The Morgan fingerprint density at radius 2 is 2.00 bits per heavy atom. The first kappa shape index (κ1) is 12.5. The van der Waals surface area contributed by atoms with E-state index in [2.05, 4.69) is 20.9 Å². The van der Waals surface area contributed by atoms with Crippen LogP contribution in [0.25, 0.3) is 0 Å². The molecule has 0 aliphatic carbocycles. The lowest BCUT2D eigenvalue weighted by atomic mass is 9.95. The van der Waals surface area contributed by atoms with Crippen molar-refractivity contribution in [3.63, 3.8) is 0 Å². The number of aliphatic imine (C=N–C) groups is 1. The second kappa shape index (κ2) is 4.54. The van der Waals surface area contributed by atoms with Gasteiger partial charge in [-0.1, -0.05) is 48.3 Å². The van der Waals surface area contributed by atoms with Crippen LogP contribution < -0.4 is 5.73 Å². The molecular formula is C11H14BrClN2. The summed E-state index contributed by atoms with van der Waals surface area (Å²) in [5.74, 6) is 0.576. The fourth-order valence-electron chi connectivity index (χ4n) is 0.869. The molecule has 0 bridgehead atoms. The Morgan fingerprint density at radius 3 is 2.47 bits per heavy atom. The summed E-state index contributed by atoms with van der Waals surface area (Å²) in [5, 5.41) is 0.594. The number of hydrogen-bond donors (Lipinski definition) is 1. The molecule has 0 atom stereocenters. The third-order valence-corrected chi connectivity index (χ3v) is 2.72. The van der Waals surface area contributed by atoms with Crippen LogP contribution in [0.5, 0.6) is 0 Å². The van der Waals surface area contributed by atoms with Gasteiger partial charge in [0.1, 0.15) is 5.84 Å². The first-order valence-electron chi connectivity index (χ1n) is 4.60. The van der Waals surface area contributed by atoms with Gasteiger partial charge in [0.2, 0.25) is 0 Å². The molecule has 0 aliphatic heterocycles. The summed E-state index contributed by atoms with van der Waals surface area (Å²) in [6.45, 7) is 6.04. The zero-order chi connectivity index (χ0) is 11.6. The molecule has 0 saturated heterocycles. The third-order valence-electron chi connectivity index (χ3n) is 1.92. The molecule has 1 rings (SSSR count). The van der Waals surface area contributed by atoms with Crippen molar-refractivity contribution >= 4 is 39.1 Å². The first-order chi connectivity index (χ1) is 6.80. The molecule has 1 aromatic rings. The summed E-state index contributed by atoms with van der Waals surface area (Å²) in [4.78, 5) is 4.31. The molecule has 0 amide bonds. The van der Waals surface area contributed by atoms with Gasteiger partial charge in [0.15, 0.2) is 0 Å². The number of hydrogen-bond acceptors (Lipinski definition) is 1. The quantitative estimate of drug-likeness (QED) is 0.612. The highest BCUT2D eigenvalue weighted by atomic mass is 79.9. The smallest absolute Gasteiger partial charge is 0.105 e. The van der Waals surface area contributed by atoms with Crippen LogP contribution in [0.2, 0.25) is 5.02 Å². The van der Waals surface area contributed by atoms with Crippen molar-refractivity contribution in [3.8, 4) is 0 Å². The van der Waals surface area contributed by atoms with E-state index in [1.54, 1.807) is 6.07 Å². The number of benzene rings is 1. The predicted octanol–water partition coefficient (Wildman–Crippen LogP) is 4.14. The summed E-state index contributed by atoms with van der Waals surface area (Å²) in [7, 11) is 0. The van der Waals surface area contributed by atoms with Crippen molar-refractivity contribution in [2.24, 2.45) is 16.1 Å². The molecule has 0 aromatic heterocycles. The largest absolute Gasteiger partial charge is 0.387 e. The number of nitrogens with two attached hydrogens (primary N) is 1. The van der Waals surface area contributed by atoms with Crippen molar-refractivity contribution in [1.82, 2.24) is 0 Å². The minimum atomic E-state index is -0.142.